The molecule has 3 heteroatoms. The maximum absolute atomic E-state index is 6.19. The molecule has 2 N–H and O–H groups in total. The largest absolute Gasteiger partial charge is 0.489 e. The van der Waals surface area contributed by atoms with E-state index in [1.807, 2.05) is 42.5 Å². The minimum absolute atomic E-state index is 0.454. The van der Waals surface area contributed by atoms with Crippen LogP contribution in [0.2, 0.25) is 5.02 Å². The van der Waals surface area contributed by atoms with Crippen molar-refractivity contribution in [2.45, 2.75) is 13.0 Å². The van der Waals surface area contributed by atoms with Gasteiger partial charge in [-0.2, -0.15) is 0 Å². The van der Waals surface area contributed by atoms with Crippen molar-refractivity contribution in [1.29, 1.82) is 0 Å². The molecule has 0 heterocycles. The van der Waals surface area contributed by atoms with Crippen LogP contribution < -0.4 is 10.5 Å². The lowest BCUT2D eigenvalue weighted by molar-refractivity contribution is 0.303. The SMILES string of the molecule is NCCc1c(OCc2ccccc2Cl)ccc2ccccc12. The van der Waals surface area contributed by atoms with Gasteiger partial charge in [-0.25, -0.2) is 0 Å². The molecule has 3 aromatic rings. The van der Waals surface area contributed by atoms with Crippen LogP contribution in [0.1, 0.15) is 11.1 Å². The zero-order valence-corrected chi connectivity index (χ0v) is 13.0. The summed E-state index contributed by atoms with van der Waals surface area (Å²) in [5, 5.41) is 3.13. The molecule has 0 unspecified atom stereocenters. The van der Waals surface area contributed by atoms with Crippen molar-refractivity contribution >= 4 is 22.4 Å². The molecular formula is C19H18ClNO. The Balaban J connectivity index is 1.93. The molecule has 22 heavy (non-hydrogen) atoms. The molecule has 0 fully saturated rings. The fraction of sp³-hybridized carbons (Fsp3) is 0.158. The van der Waals surface area contributed by atoms with E-state index in [0.717, 1.165) is 28.3 Å². The Labute approximate surface area is 135 Å². The Morgan fingerprint density at radius 3 is 2.50 bits per heavy atom. The highest BCUT2D eigenvalue weighted by Crippen LogP contribution is 2.29. The van der Waals surface area contributed by atoms with Crippen LogP contribution in [-0.2, 0) is 13.0 Å². The zero-order chi connectivity index (χ0) is 15.4. The number of fused-ring (bicyclic) bond motifs is 1. The number of hydrogen-bond donors (Lipinski definition) is 1. The van der Waals surface area contributed by atoms with Gasteiger partial charge in [0.15, 0.2) is 0 Å². The highest BCUT2D eigenvalue weighted by atomic mass is 35.5. The first-order chi connectivity index (χ1) is 10.8. The van der Waals surface area contributed by atoms with Gasteiger partial charge in [0.25, 0.3) is 0 Å². The summed E-state index contributed by atoms with van der Waals surface area (Å²) in [7, 11) is 0. The number of rotatable bonds is 5. The molecule has 3 rings (SSSR count). The molecule has 3 aromatic carbocycles. The molecule has 0 aliphatic rings. The van der Waals surface area contributed by atoms with Crippen LogP contribution >= 0.6 is 11.6 Å². The fourth-order valence-corrected chi connectivity index (χ4v) is 2.81. The number of nitrogens with two attached hydrogens (primary N) is 1. The average molecular weight is 312 g/mol. The minimum Gasteiger partial charge on any atom is -0.489 e. The van der Waals surface area contributed by atoms with Gasteiger partial charge in [0.1, 0.15) is 12.4 Å². The molecule has 0 amide bonds. The summed E-state index contributed by atoms with van der Waals surface area (Å²) in [5.74, 6) is 0.879. The molecule has 0 aliphatic heterocycles. The second-order valence-corrected chi connectivity index (χ2v) is 5.59. The van der Waals surface area contributed by atoms with Gasteiger partial charge in [0.2, 0.25) is 0 Å². The maximum atomic E-state index is 6.19. The maximum Gasteiger partial charge on any atom is 0.123 e. The molecule has 0 aromatic heterocycles. The molecule has 0 saturated carbocycles. The van der Waals surface area contributed by atoms with Crippen LogP contribution in [0, 0.1) is 0 Å². The summed E-state index contributed by atoms with van der Waals surface area (Å²) in [6.07, 6.45) is 0.791. The van der Waals surface area contributed by atoms with Gasteiger partial charge in [-0.1, -0.05) is 60.1 Å². The Kier molecular flexibility index (Phi) is 4.62. The van der Waals surface area contributed by atoms with Gasteiger partial charge in [-0.05, 0) is 35.9 Å². The van der Waals surface area contributed by atoms with E-state index in [1.54, 1.807) is 0 Å². The lowest BCUT2D eigenvalue weighted by Gasteiger charge is -2.14. The molecule has 0 saturated heterocycles. The molecule has 0 aliphatic carbocycles. The topological polar surface area (TPSA) is 35.2 Å². The molecular weight excluding hydrogens is 294 g/mol. The van der Waals surface area contributed by atoms with Gasteiger partial charge in [0.05, 0.1) is 0 Å². The van der Waals surface area contributed by atoms with E-state index in [0.29, 0.717) is 13.2 Å². The van der Waals surface area contributed by atoms with E-state index in [2.05, 4.69) is 18.2 Å². The molecule has 0 atom stereocenters. The van der Waals surface area contributed by atoms with Crippen LogP contribution in [0.25, 0.3) is 10.8 Å². The van der Waals surface area contributed by atoms with Gasteiger partial charge in [0, 0.05) is 16.1 Å². The number of ether oxygens (including phenoxy) is 1. The smallest absolute Gasteiger partial charge is 0.123 e. The zero-order valence-electron chi connectivity index (χ0n) is 12.3. The fourth-order valence-electron chi connectivity index (χ4n) is 2.62. The predicted molar refractivity (Wildman–Crippen MR) is 92.5 cm³/mol. The van der Waals surface area contributed by atoms with Crippen molar-refractivity contribution in [3.63, 3.8) is 0 Å². The Morgan fingerprint density at radius 1 is 0.909 bits per heavy atom. The molecule has 0 spiro atoms. The van der Waals surface area contributed by atoms with Crippen LogP contribution in [0.5, 0.6) is 5.75 Å². The van der Waals surface area contributed by atoms with Crippen LogP contribution in [0.4, 0.5) is 0 Å². The van der Waals surface area contributed by atoms with E-state index in [4.69, 9.17) is 22.1 Å². The number of benzene rings is 3. The van der Waals surface area contributed by atoms with Gasteiger partial charge < -0.3 is 10.5 Å². The lowest BCUT2D eigenvalue weighted by atomic mass is 10.0. The van der Waals surface area contributed by atoms with E-state index in [1.165, 1.54) is 10.8 Å². The molecule has 0 bridgehead atoms. The summed E-state index contributed by atoms with van der Waals surface area (Å²) >= 11 is 6.19. The van der Waals surface area contributed by atoms with Gasteiger partial charge in [-0.15, -0.1) is 0 Å². The quantitative estimate of drug-likeness (QED) is 0.749. The van der Waals surface area contributed by atoms with Crippen molar-refractivity contribution in [2.75, 3.05) is 6.54 Å². The van der Waals surface area contributed by atoms with E-state index in [-0.39, 0.29) is 0 Å². The van der Waals surface area contributed by atoms with E-state index in [9.17, 15) is 0 Å². The van der Waals surface area contributed by atoms with E-state index >= 15 is 0 Å². The molecule has 2 nitrogen and oxygen atoms in total. The third-order valence-corrected chi connectivity index (χ3v) is 4.10. The lowest BCUT2D eigenvalue weighted by Crippen LogP contribution is -2.06. The van der Waals surface area contributed by atoms with Crippen molar-refractivity contribution in [3.8, 4) is 5.75 Å². The van der Waals surface area contributed by atoms with Crippen molar-refractivity contribution in [2.24, 2.45) is 5.73 Å². The van der Waals surface area contributed by atoms with Gasteiger partial charge >= 0.3 is 0 Å². The van der Waals surface area contributed by atoms with E-state index < -0.39 is 0 Å². The first kappa shape index (κ1) is 14.9. The number of halogens is 1. The second kappa shape index (κ2) is 6.82. The first-order valence-electron chi connectivity index (χ1n) is 7.36. The standard InChI is InChI=1S/C19H18ClNO/c20-18-8-4-2-6-15(18)13-22-19-10-9-14-5-1-3-7-16(14)17(19)11-12-21/h1-10H,11-13,21H2. The normalized spacial score (nSPS) is 10.8. The summed E-state index contributed by atoms with van der Waals surface area (Å²) in [6, 6.07) is 20.1. The third-order valence-electron chi connectivity index (χ3n) is 3.73. The van der Waals surface area contributed by atoms with Crippen molar-refractivity contribution in [1.82, 2.24) is 0 Å². The predicted octanol–water partition coefficient (Wildman–Crippen LogP) is 4.57. The summed E-state index contributed by atoms with van der Waals surface area (Å²) < 4.78 is 6.02. The van der Waals surface area contributed by atoms with Crippen LogP contribution in [0.3, 0.4) is 0 Å². The van der Waals surface area contributed by atoms with Crippen molar-refractivity contribution < 1.29 is 4.74 Å². The first-order valence-corrected chi connectivity index (χ1v) is 7.74. The van der Waals surface area contributed by atoms with Crippen molar-refractivity contribution in [3.05, 3.63) is 76.8 Å². The second-order valence-electron chi connectivity index (χ2n) is 5.18. The summed E-state index contributed by atoms with van der Waals surface area (Å²) in [5.41, 5.74) is 7.92. The summed E-state index contributed by atoms with van der Waals surface area (Å²) in [4.78, 5) is 0. The Morgan fingerprint density at radius 2 is 1.68 bits per heavy atom. The highest BCUT2D eigenvalue weighted by Gasteiger charge is 2.09. The Bertz CT molecular complexity index is 785. The minimum atomic E-state index is 0.454. The van der Waals surface area contributed by atoms with Crippen LogP contribution in [-0.4, -0.2) is 6.54 Å². The molecule has 0 radical (unpaired) electrons. The summed E-state index contributed by atoms with van der Waals surface area (Å²) in [6.45, 7) is 1.05. The average Bonchev–Trinajstić information content (AvgIpc) is 2.55. The molecule has 112 valence electrons. The third kappa shape index (κ3) is 3.08. The monoisotopic (exact) mass is 311 g/mol. The number of hydrogen-bond acceptors (Lipinski definition) is 2. The Hall–Kier alpha value is -2.03. The van der Waals surface area contributed by atoms with Crippen LogP contribution in [0.15, 0.2) is 60.7 Å². The highest BCUT2D eigenvalue weighted by molar-refractivity contribution is 6.31. The van der Waals surface area contributed by atoms with Gasteiger partial charge in [-0.3, -0.25) is 0 Å².